The third-order valence-corrected chi connectivity index (χ3v) is 5.82. The van der Waals surface area contributed by atoms with E-state index >= 15 is 0 Å². The molecule has 1 fully saturated rings. The van der Waals surface area contributed by atoms with Crippen LogP contribution in [0.25, 0.3) is 0 Å². The van der Waals surface area contributed by atoms with Crippen molar-refractivity contribution >= 4 is 35.8 Å². The van der Waals surface area contributed by atoms with Crippen LogP contribution in [0.1, 0.15) is 51.2 Å². The van der Waals surface area contributed by atoms with E-state index < -0.39 is 0 Å². The highest BCUT2D eigenvalue weighted by atomic mass is 127. The van der Waals surface area contributed by atoms with Crippen LogP contribution in [0.15, 0.2) is 29.3 Å². The largest absolute Gasteiger partial charge is 0.359 e. The summed E-state index contributed by atoms with van der Waals surface area (Å²) in [5.41, 5.74) is 2.62. The summed E-state index contributed by atoms with van der Waals surface area (Å²) < 4.78 is 0. The second-order valence-corrected chi connectivity index (χ2v) is 8.26. The molecule has 0 spiro atoms. The van der Waals surface area contributed by atoms with Crippen LogP contribution in [0.4, 0.5) is 0 Å². The molecule has 2 rings (SSSR count). The van der Waals surface area contributed by atoms with E-state index in [1.54, 1.807) is 7.05 Å². The second kappa shape index (κ2) is 13.9. The number of likely N-dealkylation sites (tertiary alicyclic amines) is 1. The Hall–Kier alpha value is -1.35. The topological polar surface area (TPSA) is 60.0 Å². The van der Waals surface area contributed by atoms with Crippen molar-refractivity contribution in [2.75, 3.05) is 33.7 Å². The number of halogens is 1. The van der Waals surface area contributed by atoms with Gasteiger partial charge in [-0.1, -0.05) is 24.3 Å². The van der Waals surface area contributed by atoms with E-state index in [-0.39, 0.29) is 29.9 Å². The van der Waals surface area contributed by atoms with E-state index in [9.17, 15) is 4.79 Å². The van der Waals surface area contributed by atoms with Crippen LogP contribution >= 0.6 is 24.0 Å². The molecule has 1 aromatic rings. The zero-order valence-electron chi connectivity index (χ0n) is 19.3. The molecule has 0 saturated carbocycles. The third kappa shape index (κ3) is 8.41. The summed E-state index contributed by atoms with van der Waals surface area (Å²) in [6.45, 7) is 10.9. The first kappa shape index (κ1) is 26.7. The summed E-state index contributed by atoms with van der Waals surface area (Å²) in [6.07, 6.45) is 2.70. The first-order valence-electron chi connectivity index (χ1n) is 10.9. The molecule has 0 unspecified atom stereocenters. The van der Waals surface area contributed by atoms with Gasteiger partial charge in [0.05, 0.1) is 6.54 Å². The van der Waals surface area contributed by atoms with Crippen LogP contribution in [0.3, 0.4) is 0 Å². The van der Waals surface area contributed by atoms with Gasteiger partial charge in [-0.05, 0) is 57.7 Å². The molecule has 1 aromatic carbocycles. The van der Waals surface area contributed by atoms with E-state index in [4.69, 9.17) is 4.99 Å². The maximum absolute atomic E-state index is 11.6. The maximum atomic E-state index is 11.6. The minimum Gasteiger partial charge on any atom is -0.359 e. The predicted molar refractivity (Wildman–Crippen MR) is 136 cm³/mol. The molecule has 170 valence electrons. The highest BCUT2D eigenvalue weighted by molar-refractivity contribution is 14.0. The number of nitrogens with zero attached hydrogens (tertiary/aromatic N) is 3. The quantitative estimate of drug-likeness (QED) is 0.308. The molecule has 1 amide bonds. The normalized spacial score (nSPS) is 15.3. The van der Waals surface area contributed by atoms with Gasteiger partial charge in [-0.25, -0.2) is 4.99 Å². The molecule has 1 saturated heterocycles. The van der Waals surface area contributed by atoms with E-state index in [1.165, 1.54) is 11.1 Å². The lowest BCUT2D eigenvalue weighted by molar-refractivity contribution is -0.121. The van der Waals surface area contributed by atoms with E-state index in [1.807, 2.05) is 0 Å². The fraction of sp³-hybridized carbons (Fsp3) is 0.652. The van der Waals surface area contributed by atoms with Gasteiger partial charge in [-0.2, -0.15) is 0 Å². The number of carbonyl (C=O) groups is 1. The maximum Gasteiger partial charge on any atom is 0.220 e. The highest BCUT2D eigenvalue weighted by Gasteiger charge is 2.23. The second-order valence-electron chi connectivity index (χ2n) is 8.26. The van der Waals surface area contributed by atoms with Gasteiger partial charge in [0.2, 0.25) is 5.91 Å². The lowest BCUT2D eigenvalue weighted by atomic mass is 9.93. The van der Waals surface area contributed by atoms with E-state index in [0.29, 0.717) is 24.9 Å². The van der Waals surface area contributed by atoms with Crippen LogP contribution in [-0.2, 0) is 17.9 Å². The van der Waals surface area contributed by atoms with Gasteiger partial charge in [0.15, 0.2) is 5.96 Å². The molecular formula is C23H40IN5O. The smallest absolute Gasteiger partial charge is 0.220 e. The summed E-state index contributed by atoms with van der Waals surface area (Å²) in [5, 5.41) is 6.19. The number of amides is 1. The zero-order valence-corrected chi connectivity index (χ0v) is 21.6. The van der Waals surface area contributed by atoms with Crippen LogP contribution < -0.4 is 10.6 Å². The number of nitrogens with one attached hydrogen (secondary N) is 2. The molecule has 0 atom stereocenters. The molecule has 30 heavy (non-hydrogen) atoms. The Labute approximate surface area is 199 Å². The van der Waals surface area contributed by atoms with Crippen molar-refractivity contribution in [3.63, 3.8) is 0 Å². The number of hydrogen-bond donors (Lipinski definition) is 2. The first-order valence-corrected chi connectivity index (χ1v) is 10.9. The van der Waals surface area contributed by atoms with Crippen molar-refractivity contribution in [1.82, 2.24) is 20.4 Å². The van der Waals surface area contributed by atoms with Crippen molar-refractivity contribution in [3.8, 4) is 0 Å². The molecule has 0 radical (unpaired) electrons. The van der Waals surface area contributed by atoms with Gasteiger partial charge < -0.3 is 15.5 Å². The SMILES string of the molecule is CCNC(=NCc1ccccc1CN(C)C(C)C)N1CCC(CC(=O)NC)CC1.I. The molecular weight excluding hydrogens is 489 g/mol. The van der Waals surface area contributed by atoms with Gasteiger partial charge in [0.25, 0.3) is 0 Å². The minimum atomic E-state index is 0. The lowest BCUT2D eigenvalue weighted by Gasteiger charge is -2.34. The van der Waals surface area contributed by atoms with Gasteiger partial charge in [0.1, 0.15) is 0 Å². The van der Waals surface area contributed by atoms with Gasteiger partial charge in [0, 0.05) is 45.7 Å². The van der Waals surface area contributed by atoms with E-state index in [0.717, 1.165) is 45.0 Å². The summed E-state index contributed by atoms with van der Waals surface area (Å²) in [7, 11) is 3.88. The predicted octanol–water partition coefficient (Wildman–Crippen LogP) is 3.46. The number of benzene rings is 1. The fourth-order valence-corrected chi connectivity index (χ4v) is 3.62. The fourth-order valence-electron chi connectivity index (χ4n) is 3.62. The highest BCUT2D eigenvalue weighted by Crippen LogP contribution is 2.21. The zero-order chi connectivity index (χ0) is 21.2. The number of rotatable bonds is 8. The van der Waals surface area contributed by atoms with Crippen molar-refractivity contribution in [2.45, 2.75) is 59.2 Å². The molecule has 2 N–H and O–H groups in total. The van der Waals surface area contributed by atoms with Gasteiger partial charge in [-0.15, -0.1) is 24.0 Å². The monoisotopic (exact) mass is 529 g/mol. The number of aliphatic imine (C=N–C) groups is 1. The average molecular weight is 530 g/mol. The molecule has 0 aliphatic carbocycles. The van der Waals surface area contributed by atoms with Crippen molar-refractivity contribution in [3.05, 3.63) is 35.4 Å². The number of piperidine rings is 1. The molecule has 1 aliphatic rings. The Balaban J connectivity index is 0.00000450. The Bertz CT molecular complexity index is 671. The minimum absolute atomic E-state index is 0. The van der Waals surface area contributed by atoms with Gasteiger partial charge in [-0.3, -0.25) is 9.69 Å². The first-order chi connectivity index (χ1) is 13.9. The standard InChI is InChI=1S/C23H39N5O.HI/c1-6-25-23(28-13-11-19(12-14-28)15-22(29)24-4)26-16-20-9-7-8-10-21(20)17-27(5)18(2)3;/h7-10,18-19H,6,11-17H2,1-5H3,(H,24,29)(H,25,26);1H. The number of hydrogen-bond acceptors (Lipinski definition) is 3. The Morgan fingerprint density at radius 1 is 1.23 bits per heavy atom. The lowest BCUT2D eigenvalue weighted by Crippen LogP contribution is -2.46. The summed E-state index contributed by atoms with van der Waals surface area (Å²) in [4.78, 5) is 21.3. The van der Waals surface area contributed by atoms with Gasteiger partial charge >= 0.3 is 0 Å². The molecule has 1 aliphatic heterocycles. The van der Waals surface area contributed by atoms with Crippen LogP contribution in [0.2, 0.25) is 0 Å². The summed E-state index contributed by atoms with van der Waals surface area (Å²) in [6, 6.07) is 9.12. The van der Waals surface area contributed by atoms with Crippen LogP contribution in [-0.4, -0.2) is 61.4 Å². The Morgan fingerprint density at radius 2 is 1.87 bits per heavy atom. The van der Waals surface area contributed by atoms with Crippen molar-refractivity contribution in [2.24, 2.45) is 10.9 Å². The molecule has 0 aromatic heterocycles. The molecule has 6 nitrogen and oxygen atoms in total. The van der Waals surface area contributed by atoms with E-state index in [2.05, 4.69) is 72.5 Å². The van der Waals surface area contributed by atoms with Crippen molar-refractivity contribution < 1.29 is 4.79 Å². The summed E-state index contributed by atoms with van der Waals surface area (Å²) in [5.74, 6) is 1.60. The third-order valence-electron chi connectivity index (χ3n) is 5.82. The molecule has 1 heterocycles. The van der Waals surface area contributed by atoms with Crippen molar-refractivity contribution in [1.29, 1.82) is 0 Å². The Kier molecular flexibility index (Phi) is 12.3. The summed E-state index contributed by atoms with van der Waals surface area (Å²) >= 11 is 0. The number of carbonyl (C=O) groups excluding carboxylic acids is 1. The Morgan fingerprint density at radius 3 is 2.43 bits per heavy atom. The number of guanidine groups is 1. The van der Waals surface area contributed by atoms with Crippen LogP contribution in [0.5, 0.6) is 0 Å². The molecule has 0 bridgehead atoms. The molecule has 7 heteroatoms. The van der Waals surface area contributed by atoms with Crippen LogP contribution in [0, 0.1) is 5.92 Å². The average Bonchev–Trinajstić information content (AvgIpc) is 2.72.